The van der Waals surface area contributed by atoms with E-state index in [1.807, 2.05) is 18.2 Å². The van der Waals surface area contributed by atoms with Gasteiger partial charge >= 0.3 is 0 Å². The van der Waals surface area contributed by atoms with Crippen molar-refractivity contribution in [1.29, 1.82) is 0 Å². The van der Waals surface area contributed by atoms with Gasteiger partial charge in [0.2, 0.25) is 5.91 Å². The van der Waals surface area contributed by atoms with E-state index in [0.29, 0.717) is 35.6 Å². The zero-order valence-electron chi connectivity index (χ0n) is 13.2. The number of benzene rings is 2. The average Bonchev–Trinajstić information content (AvgIpc) is 2.60. The van der Waals surface area contributed by atoms with Crippen LogP contribution in [-0.2, 0) is 11.2 Å². The second kappa shape index (κ2) is 7.98. The van der Waals surface area contributed by atoms with E-state index in [1.54, 1.807) is 38.5 Å². The van der Waals surface area contributed by atoms with Crippen LogP contribution >= 0.6 is 0 Å². The monoisotopic (exact) mass is 313 g/mol. The van der Waals surface area contributed by atoms with E-state index in [2.05, 4.69) is 5.32 Å². The van der Waals surface area contributed by atoms with Crippen molar-refractivity contribution >= 4 is 17.9 Å². The topological polar surface area (TPSA) is 64.6 Å². The van der Waals surface area contributed by atoms with Crippen molar-refractivity contribution in [3.05, 3.63) is 53.6 Å². The Morgan fingerprint density at radius 2 is 1.83 bits per heavy atom. The molecular formula is C18H19NO4. The smallest absolute Gasteiger partial charge is 0.224 e. The predicted molar refractivity (Wildman–Crippen MR) is 88.3 cm³/mol. The van der Waals surface area contributed by atoms with Gasteiger partial charge in [-0.05, 0) is 36.2 Å². The SMILES string of the molecule is COc1ccc(CCC(=O)Nc2ccccc2C=O)cc1OC. The number of aryl methyl sites for hydroxylation is 1. The number of hydrogen-bond acceptors (Lipinski definition) is 4. The van der Waals surface area contributed by atoms with Gasteiger partial charge in [0.15, 0.2) is 17.8 Å². The molecular weight excluding hydrogens is 294 g/mol. The molecule has 120 valence electrons. The first-order valence-corrected chi connectivity index (χ1v) is 7.23. The number of para-hydroxylation sites is 1. The number of amides is 1. The number of anilines is 1. The number of rotatable bonds is 7. The fourth-order valence-electron chi connectivity index (χ4n) is 2.22. The summed E-state index contributed by atoms with van der Waals surface area (Å²) >= 11 is 0. The Labute approximate surface area is 135 Å². The highest BCUT2D eigenvalue weighted by Gasteiger charge is 2.08. The summed E-state index contributed by atoms with van der Waals surface area (Å²) < 4.78 is 10.4. The van der Waals surface area contributed by atoms with Gasteiger partial charge in [0.1, 0.15) is 0 Å². The van der Waals surface area contributed by atoms with E-state index >= 15 is 0 Å². The maximum Gasteiger partial charge on any atom is 0.224 e. The molecule has 23 heavy (non-hydrogen) atoms. The molecule has 0 saturated heterocycles. The molecule has 0 radical (unpaired) electrons. The Morgan fingerprint density at radius 3 is 2.52 bits per heavy atom. The molecule has 2 rings (SSSR count). The summed E-state index contributed by atoms with van der Waals surface area (Å²) in [5.74, 6) is 1.14. The molecule has 5 nitrogen and oxygen atoms in total. The molecule has 0 fully saturated rings. The van der Waals surface area contributed by atoms with Crippen LogP contribution in [0.3, 0.4) is 0 Å². The Kier molecular flexibility index (Phi) is 5.74. The maximum atomic E-state index is 12.0. The Balaban J connectivity index is 1.98. The number of carbonyl (C=O) groups excluding carboxylic acids is 2. The summed E-state index contributed by atoms with van der Waals surface area (Å²) in [5, 5.41) is 2.76. The van der Waals surface area contributed by atoms with Gasteiger partial charge in [-0.3, -0.25) is 9.59 Å². The largest absolute Gasteiger partial charge is 0.493 e. The van der Waals surface area contributed by atoms with Crippen LogP contribution in [0.4, 0.5) is 5.69 Å². The van der Waals surface area contributed by atoms with E-state index in [9.17, 15) is 9.59 Å². The molecule has 0 saturated carbocycles. The summed E-state index contributed by atoms with van der Waals surface area (Å²) in [6.45, 7) is 0. The molecule has 0 atom stereocenters. The fourth-order valence-corrected chi connectivity index (χ4v) is 2.22. The minimum atomic E-state index is -0.144. The number of aldehydes is 1. The van der Waals surface area contributed by atoms with E-state index in [4.69, 9.17) is 9.47 Å². The molecule has 0 bridgehead atoms. The number of nitrogens with one attached hydrogen (secondary N) is 1. The number of carbonyl (C=O) groups is 2. The third-order valence-electron chi connectivity index (χ3n) is 3.45. The summed E-state index contributed by atoms with van der Waals surface area (Å²) in [4.78, 5) is 23.0. The molecule has 2 aromatic rings. The van der Waals surface area contributed by atoms with Crippen LogP contribution < -0.4 is 14.8 Å². The lowest BCUT2D eigenvalue weighted by Gasteiger charge is -2.10. The van der Waals surface area contributed by atoms with Crippen LogP contribution in [0.5, 0.6) is 11.5 Å². The third-order valence-corrected chi connectivity index (χ3v) is 3.45. The predicted octanol–water partition coefficient (Wildman–Crippen LogP) is 3.09. The summed E-state index contributed by atoms with van der Waals surface area (Å²) in [6.07, 6.45) is 1.60. The molecule has 0 aliphatic heterocycles. The summed E-state index contributed by atoms with van der Waals surface area (Å²) in [6, 6.07) is 12.5. The van der Waals surface area contributed by atoms with Crippen LogP contribution in [0.2, 0.25) is 0 Å². The van der Waals surface area contributed by atoms with Crippen molar-refractivity contribution in [3.63, 3.8) is 0 Å². The highest BCUT2D eigenvalue weighted by Crippen LogP contribution is 2.28. The number of hydrogen-bond donors (Lipinski definition) is 1. The van der Waals surface area contributed by atoms with Crippen molar-refractivity contribution in [1.82, 2.24) is 0 Å². The van der Waals surface area contributed by atoms with Crippen molar-refractivity contribution in [2.75, 3.05) is 19.5 Å². The van der Waals surface area contributed by atoms with Crippen molar-refractivity contribution < 1.29 is 19.1 Å². The minimum absolute atomic E-state index is 0.144. The van der Waals surface area contributed by atoms with E-state index in [-0.39, 0.29) is 5.91 Å². The molecule has 0 unspecified atom stereocenters. The molecule has 5 heteroatoms. The summed E-state index contributed by atoms with van der Waals surface area (Å²) in [7, 11) is 3.15. The number of ether oxygens (including phenoxy) is 2. The average molecular weight is 313 g/mol. The molecule has 0 spiro atoms. The molecule has 1 N–H and O–H groups in total. The zero-order chi connectivity index (χ0) is 16.7. The van der Waals surface area contributed by atoms with Crippen molar-refractivity contribution in [2.45, 2.75) is 12.8 Å². The van der Waals surface area contributed by atoms with Gasteiger partial charge < -0.3 is 14.8 Å². The van der Waals surface area contributed by atoms with Crippen LogP contribution in [0.25, 0.3) is 0 Å². The van der Waals surface area contributed by atoms with Gasteiger partial charge in [0.25, 0.3) is 0 Å². The first-order chi connectivity index (χ1) is 11.2. The fraction of sp³-hybridized carbons (Fsp3) is 0.222. The van der Waals surface area contributed by atoms with E-state index in [0.717, 1.165) is 11.8 Å². The highest BCUT2D eigenvalue weighted by molar-refractivity contribution is 5.96. The van der Waals surface area contributed by atoms with Gasteiger partial charge in [0, 0.05) is 12.0 Å². The second-order valence-electron chi connectivity index (χ2n) is 4.94. The Bertz CT molecular complexity index is 697. The van der Waals surface area contributed by atoms with Crippen LogP contribution in [0.1, 0.15) is 22.3 Å². The highest BCUT2D eigenvalue weighted by atomic mass is 16.5. The first-order valence-electron chi connectivity index (χ1n) is 7.23. The van der Waals surface area contributed by atoms with Crippen LogP contribution in [-0.4, -0.2) is 26.4 Å². The normalized spacial score (nSPS) is 10.0. The van der Waals surface area contributed by atoms with Crippen molar-refractivity contribution in [2.24, 2.45) is 0 Å². The van der Waals surface area contributed by atoms with E-state index < -0.39 is 0 Å². The lowest BCUT2D eigenvalue weighted by Crippen LogP contribution is -2.13. The van der Waals surface area contributed by atoms with Gasteiger partial charge in [-0.2, -0.15) is 0 Å². The van der Waals surface area contributed by atoms with E-state index in [1.165, 1.54) is 0 Å². The number of methoxy groups -OCH3 is 2. The first kappa shape index (κ1) is 16.5. The molecule has 0 heterocycles. The van der Waals surface area contributed by atoms with Gasteiger partial charge in [-0.15, -0.1) is 0 Å². The second-order valence-corrected chi connectivity index (χ2v) is 4.94. The van der Waals surface area contributed by atoms with Gasteiger partial charge in [-0.1, -0.05) is 18.2 Å². The lowest BCUT2D eigenvalue weighted by atomic mass is 10.1. The quantitative estimate of drug-likeness (QED) is 0.798. The van der Waals surface area contributed by atoms with Gasteiger partial charge in [0.05, 0.1) is 19.9 Å². The third kappa shape index (κ3) is 4.32. The molecule has 0 aliphatic rings. The molecule has 0 aromatic heterocycles. The van der Waals surface area contributed by atoms with Gasteiger partial charge in [-0.25, -0.2) is 0 Å². The van der Waals surface area contributed by atoms with Crippen LogP contribution in [0, 0.1) is 0 Å². The Hall–Kier alpha value is -2.82. The zero-order valence-corrected chi connectivity index (χ0v) is 13.2. The molecule has 0 aliphatic carbocycles. The van der Waals surface area contributed by atoms with Crippen LogP contribution in [0.15, 0.2) is 42.5 Å². The standard InChI is InChI=1S/C18H19NO4/c1-22-16-9-7-13(11-17(16)23-2)8-10-18(21)19-15-6-4-3-5-14(15)12-20/h3-7,9,11-12H,8,10H2,1-2H3,(H,19,21). The minimum Gasteiger partial charge on any atom is -0.493 e. The lowest BCUT2D eigenvalue weighted by molar-refractivity contribution is -0.116. The van der Waals surface area contributed by atoms with Crippen molar-refractivity contribution in [3.8, 4) is 11.5 Å². The Morgan fingerprint density at radius 1 is 1.09 bits per heavy atom. The maximum absolute atomic E-state index is 12.0. The summed E-state index contributed by atoms with van der Waals surface area (Å²) in [5.41, 5.74) is 1.97. The molecule has 1 amide bonds. The molecule has 2 aromatic carbocycles.